The average Bonchev–Trinajstić information content (AvgIpc) is 2.25. The molecule has 0 amide bonds. The molecule has 0 atom stereocenters. The van der Waals surface area contributed by atoms with Crippen LogP contribution >= 0.6 is 0 Å². The fourth-order valence-corrected chi connectivity index (χ4v) is 1.07. The van der Waals surface area contributed by atoms with E-state index in [-0.39, 0.29) is 7.43 Å². The van der Waals surface area contributed by atoms with E-state index < -0.39 is 0 Å². The minimum absolute atomic E-state index is 0. The van der Waals surface area contributed by atoms with Gasteiger partial charge in [0.1, 0.15) is 0 Å². The Morgan fingerprint density at radius 1 is 0.700 bits per heavy atom. The lowest BCUT2D eigenvalue weighted by molar-refractivity contribution is 0.644. The summed E-state index contributed by atoms with van der Waals surface area (Å²) in [4.78, 5) is 0. The minimum atomic E-state index is 0. The van der Waals surface area contributed by atoms with Crippen LogP contribution in [-0.2, 0) is 0 Å². The molecule has 0 aromatic rings. The molecule has 0 aliphatic heterocycles. The lowest BCUT2D eigenvalue weighted by atomic mass is 10.1. The highest BCUT2D eigenvalue weighted by molar-refractivity contribution is 4.83. The molecule has 0 rings (SSSR count). The van der Waals surface area contributed by atoms with Crippen molar-refractivity contribution < 1.29 is 0 Å². The van der Waals surface area contributed by atoms with Crippen LogP contribution in [0.15, 0.2) is 24.8 Å². The zero-order valence-electron chi connectivity index (χ0n) is 15.0. The van der Waals surface area contributed by atoms with E-state index in [1.54, 1.807) is 0 Å². The first kappa shape index (κ1) is 27.8. The van der Waals surface area contributed by atoms with Crippen LogP contribution in [0.25, 0.3) is 0 Å². The summed E-state index contributed by atoms with van der Waals surface area (Å²) in [6.07, 6.45) is 11.4. The highest BCUT2D eigenvalue weighted by Gasteiger charge is 1.89. The molecule has 0 aromatic carbocycles. The van der Waals surface area contributed by atoms with Gasteiger partial charge in [-0.3, -0.25) is 0 Å². The Balaban J connectivity index is -0.000000110. The van der Waals surface area contributed by atoms with Gasteiger partial charge >= 0.3 is 0 Å². The fraction of sp³-hybridized carbons (Fsp3) is 0.800. The topological polar surface area (TPSA) is 0 Å². The van der Waals surface area contributed by atoms with E-state index in [4.69, 9.17) is 0 Å². The van der Waals surface area contributed by atoms with Crippen molar-refractivity contribution in [3.63, 3.8) is 0 Å². The van der Waals surface area contributed by atoms with Gasteiger partial charge in [-0.2, -0.15) is 0 Å². The molecule has 124 valence electrons. The van der Waals surface area contributed by atoms with Crippen molar-refractivity contribution in [2.45, 2.75) is 88.5 Å². The van der Waals surface area contributed by atoms with E-state index in [2.05, 4.69) is 74.1 Å². The molecule has 0 heteroatoms. The van der Waals surface area contributed by atoms with Gasteiger partial charge in [-0.05, 0) is 37.0 Å². The van der Waals surface area contributed by atoms with E-state index in [1.165, 1.54) is 19.3 Å². The highest BCUT2D eigenvalue weighted by Crippen LogP contribution is 2.04. The first-order valence-corrected chi connectivity index (χ1v) is 8.07. The van der Waals surface area contributed by atoms with Crippen molar-refractivity contribution >= 4 is 0 Å². The fourth-order valence-electron chi connectivity index (χ4n) is 1.07. The lowest BCUT2D eigenvalue weighted by Gasteiger charge is -1.98. The third-order valence-corrected chi connectivity index (χ3v) is 2.02. The Bertz CT molecular complexity index is 160. The second-order valence-corrected chi connectivity index (χ2v) is 6.36. The van der Waals surface area contributed by atoms with Gasteiger partial charge in [0.05, 0.1) is 0 Å². The quantitative estimate of drug-likeness (QED) is 0.435. The maximum Gasteiger partial charge on any atom is -0.0327 e. The predicted octanol–water partition coefficient (Wildman–Crippen LogP) is 7.91. The molecule has 0 radical (unpaired) electrons. The summed E-state index contributed by atoms with van der Waals surface area (Å²) in [5.74, 6) is 2.40. The van der Waals surface area contributed by atoms with Gasteiger partial charge in [0.15, 0.2) is 0 Å². The monoisotopic (exact) mass is 284 g/mol. The Labute approximate surface area is 131 Å². The standard InChI is InChI=1S/C10H20.C6H12.C3H8.CH4/c1-9(2)7-5-6-8-10(3)4;1-4-5-6(2)3;1-3-2;/h5-6,9-10H,7-8H2,1-4H3;4,6H,1,5H2,2-3H3;3H2,1-2H3;1H4. The Kier molecular flexibility index (Phi) is 32.7. The van der Waals surface area contributed by atoms with Crippen molar-refractivity contribution in [3.05, 3.63) is 24.8 Å². The van der Waals surface area contributed by atoms with Crippen molar-refractivity contribution in [2.24, 2.45) is 17.8 Å². The van der Waals surface area contributed by atoms with E-state index in [1.807, 2.05) is 6.08 Å². The van der Waals surface area contributed by atoms with Crippen molar-refractivity contribution in [1.82, 2.24) is 0 Å². The highest BCUT2D eigenvalue weighted by atomic mass is 13.9. The Hall–Kier alpha value is -0.520. The van der Waals surface area contributed by atoms with Crippen LogP contribution in [0, 0.1) is 17.8 Å². The SMILES string of the molecule is C.C=CCC(C)C.CC(C)CC=CCC(C)C.CCC. The van der Waals surface area contributed by atoms with Gasteiger partial charge in [-0.15, -0.1) is 6.58 Å². The Morgan fingerprint density at radius 3 is 1.05 bits per heavy atom. The largest absolute Gasteiger partial charge is 0.103 e. The zero-order valence-corrected chi connectivity index (χ0v) is 15.0. The van der Waals surface area contributed by atoms with Gasteiger partial charge < -0.3 is 0 Å². The molecule has 0 aromatic heterocycles. The summed E-state index contributed by atoms with van der Waals surface area (Å²) in [5, 5.41) is 0. The summed E-state index contributed by atoms with van der Waals surface area (Å²) >= 11 is 0. The van der Waals surface area contributed by atoms with Crippen LogP contribution in [0.2, 0.25) is 0 Å². The second-order valence-electron chi connectivity index (χ2n) is 6.36. The van der Waals surface area contributed by atoms with Gasteiger partial charge in [-0.1, -0.05) is 87.5 Å². The molecule has 0 bridgehead atoms. The molecule has 0 N–H and O–H groups in total. The van der Waals surface area contributed by atoms with Gasteiger partial charge in [0.2, 0.25) is 0 Å². The molecule has 0 heterocycles. The molecule has 0 aliphatic rings. The van der Waals surface area contributed by atoms with Crippen LogP contribution in [0.5, 0.6) is 0 Å². The van der Waals surface area contributed by atoms with Crippen molar-refractivity contribution in [1.29, 1.82) is 0 Å². The van der Waals surface area contributed by atoms with Crippen LogP contribution in [-0.4, -0.2) is 0 Å². The summed E-state index contributed by atoms with van der Waals surface area (Å²) in [5.41, 5.74) is 0. The van der Waals surface area contributed by atoms with Crippen LogP contribution in [0.1, 0.15) is 88.5 Å². The van der Waals surface area contributed by atoms with E-state index >= 15 is 0 Å². The minimum Gasteiger partial charge on any atom is -0.103 e. The van der Waals surface area contributed by atoms with E-state index in [9.17, 15) is 0 Å². The molecular weight excluding hydrogens is 240 g/mol. The first-order chi connectivity index (χ1) is 8.81. The molecule has 0 fully saturated rings. The predicted molar refractivity (Wildman–Crippen MR) is 100 cm³/mol. The molecule has 0 unspecified atom stereocenters. The molecule has 0 saturated carbocycles. The van der Waals surface area contributed by atoms with E-state index in [0.29, 0.717) is 0 Å². The lowest BCUT2D eigenvalue weighted by Crippen LogP contribution is -1.84. The maximum atomic E-state index is 3.60. The normalized spacial score (nSPS) is 9.75. The second kappa shape index (κ2) is 23.6. The third-order valence-electron chi connectivity index (χ3n) is 2.02. The van der Waals surface area contributed by atoms with Crippen LogP contribution in [0.4, 0.5) is 0 Å². The van der Waals surface area contributed by atoms with Gasteiger partial charge in [0, 0.05) is 0 Å². The number of hydrogen-bond acceptors (Lipinski definition) is 0. The number of hydrogen-bond donors (Lipinski definition) is 0. The summed E-state index contributed by atoms with van der Waals surface area (Å²) in [7, 11) is 0. The number of rotatable bonds is 6. The molecule has 0 aliphatic carbocycles. The van der Waals surface area contributed by atoms with E-state index in [0.717, 1.165) is 24.2 Å². The molecule has 0 spiro atoms. The maximum absolute atomic E-state index is 3.60. The average molecular weight is 285 g/mol. The van der Waals surface area contributed by atoms with Gasteiger partial charge in [-0.25, -0.2) is 0 Å². The molecule has 0 nitrogen and oxygen atoms in total. The summed E-state index contributed by atoms with van der Waals surface area (Å²) in [6, 6.07) is 0. The van der Waals surface area contributed by atoms with Gasteiger partial charge in [0.25, 0.3) is 0 Å². The van der Waals surface area contributed by atoms with Crippen LogP contribution in [0.3, 0.4) is 0 Å². The molecule has 0 saturated heterocycles. The molecule has 20 heavy (non-hydrogen) atoms. The summed E-state index contributed by atoms with van der Waals surface area (Å²) in [6.45, 7) is 21.2. The molecular formula is C20H44. The zero-order chi connectivity index (χ0) is 15.7. The van der Waals surface area contributed by atoms with Crippen LogP contribution < -0.4 is 0 Å². The van der Waals surface area contributed by atoms with Crippen molar-refractivity contribution in [2.75, 3.05) is 0 Å². The Morgan fingerprint density at radius 2 is 0.950 bits per heavy atom. The smallest absolute Gasteiger partial charge is 0.0327 e. The summed E-state index contributed by atoms with van der Waals surface area (Å²) < 4.78 is 0. The first-order valence-electron chi connectivity index (χ1n) is 8.07. The third kappa shape index (κ3) is 52.8. The number of allylic oxidation sites excluding steroid dienone is 3. The van der Waals surface area contributed by atoms with Crippen molar-refractivity contribution in [3.8, 4) is 0 Å².